The highest BCUT2D eigenvalue weighted by Crippen LogP contribution is 2.04. The van der Waals surface area contributed by atoms with Crippen molar-refractivity contribution in [3.8, 4) is 0 Å². The summed E-state index contributed by atoms with van der Waals surface area (Å²) in [7, 11) is 3.46. The Morgan fingerprint density at radius 1 is 1.32 bits per heavy atom. The maximum absolute atomic E-state index is 12.0. The molecule has 0 aliphatic heterocycles. The first-order chi connectivity index (χ1) is 8.93. The second kappa shape index (κ2) is 5.32. The fraction of sp³-hybridized carbons (Fsp3) is 0.417. The first-order valence-corrected chi connectivity index (χ1v) is 6.99. The van der Waals surface area contributed by atoms with Gasteiger partial charge in [-0.05, 0) is 35.1 Å². The summed E-state index contributed by atoms with van der Waals surface area (Å²) in [6.45, 7) is 2.26. The van der Waals surface area contributed by atoms with Crippen LogP contribution in [-0.2, 0) is 27.1 Å². The average molecular weight is 374 g/mol. The van der Waals surface area contributed by atoms with E-state index in [0.29, 0.717) is 3.57 Å². The van der Waals surface area contributed by atoms with Crippen molar-refractivity contribution in [3.05, 3.63) is 48.1 Å². The van der Waals surface area contributed by atoms with Gasteiger partial charge in [-0.15, -0.1) is 0 Å². The monoisotopic (exact) mass is 374 g/mol. The van der Waals surface area contributed by atoms with E-state index in [9.17, 15) is 9.59 Å². The van der Waals surface area contributed by atoms with E-state index >= 15 is 0 Å². The van der Waals surface area contributed by atoms with E-state index in [1.165, 1.54) is 9.13 Å². The third kappa shape index (κ3) is 2.65. The normalized spacial score (nSPS) is 10.9. The predicted molar refractivity (Wildman–Crippen MR) is 80.3 cm³/mol. The van der Waals surface area contributed by atoms with E-state index in [0.717, 1.165) is 17.8 Å². The Hall–Kier alpha value is -1.38. The van der Waals surface area contributed by atoms with Gasteiger partial charge in [0.15, 0.2) is 0 Å². The number of nitrogens with zero attached hydrogens (tertiary/aromatic N) is 4. The molecule has 0 radical (unpaired) electrons. The molecule has 7 heteroatoms. The highest BCUT2D eigenvalue weighted by atomic mass is 127. The van der Waals surface area contributed by atoms with Gasteiger partial charge in [0.1, 0.15) is 0 Å². The summed E-state index contributed by atoms with van der Waals surface area (Å²) in [5.41, 5.74) is 1.22. The van der Waals surface area contributed by atoms with Crippen LogP contribution >= 0.6 is 22.6 Å². The predicted octanol–water partition coefficient (Wildman–Crippen LogP) is 0.496. The summed E-state index contributed by atoms with van der Waals surface area (Å²) >= 11 is 1.94. The molecule has 0 unspecified atom stereocenters. The molecule has 0 bridgehead atoms. The van der Waals surface area contributed by atoms with Crippen molar-refractivity contribution in [1.29, 1.82) is 0 Å². The molecule has 0 aromatic carbocycles. The standard InChI is InChI=1S/C12H15IN4O2/c1-4-8-5-9(16(3)14-8)6-17-11(18)10(13)7-15(2)12(17)19/h5,7H,4,6H2,1-3H3. The molecule has 2 aromatic rings. The minimum Gasteiger partial charge on any atom is -0.302 e. The zero-order valence-corrected chi connectivity index (χ0v) is 13.2. The second-order valence-corrected chi connectivity index (χ2v) is 5.53. The lowest BCUT2D eigenvalue weighted by Gasteiger charge is -2.07. The van der Waals surface area contributed by atoms with Gasteiger partial charge in [0.05, 0.1) is 21.5 Å². The molecule has 0 saturated carbocycles. The van der Waals surface area contributed by atoms with Crippen LogP contribution < -0.4 is 11.2 Å². The third-order valence-corrected chi connectivity index (χ3v) is 3.74. The zero-order chi connectivity index (χ0) is 14.2. The number of hydrogen-bond acceptors (Lipinski definition) is 3. The number of halogens is 1. The largest absolute Gasteiger partial charge is 0.331 e. The number of hydrogen-bond donors (Lipinski definition) is 0. The van der Waals surface area contributed by atoms with Crippen molar-refractivity contribution < 1.29 is 0 Å². The lowest BCUT2D eigenvalue weighted by molar-refractivity contribution is 0.594. The molecular weight excluding hydrogens is 359 g/mol. The Kier molecular flexibility index (Phi) is 3.93. The Morgan fingerprint density at radius 3 is 2.58 bits per heavy atom. The number of rotatable bonds is 3. The van der Waals surface area contributed by atoms with Crippen molar-refractivity contribution >= 4 is 22.6 Å². The minimum atomic E-state index is -0.315. The maximum Gasteiger partial charge on any atom is 0.331 e. The lowest BCUT2D eigenvalue weighted by atomic mass is 10.3. The Bertz CT molecular complexity index is 692. The molecule has 0 spiro atoms. The minimum absolute atomic E-state index is 0.242. The van der Waals surface area contributed by atoms with Crippen LogP contribution in [0, 0.1) is 3.57 Å². The molecule has 0 fully saturated rings. The summed E-state index contributed by atoms with van der Waals surface area (Å²) in [6, 6.07) is 1.92. The van der Waals surface area contributed by atoms with E-state index in [1.54, 1.807) is 17.9 Å². The summed E-state index contributed by atoms with van der Waals surface area (Å²) in [5.74, 6) is 0. The molecule has 0 aliphatic carbocycles. The van der Waals surface area contributed by atoms with E-state index in [4.69, 9.17) is 0 Å². The van der Waals surface area contributed by atoms with E-state index in [2.05, 4.69) is 5.10 Å². The molecule has 102 valence electrons. The van der Waals surface area contributed by atoms with Gasteiger partial charge in [-0.3, -0.25) is 14.0 Å². The van der Waals surface area contributed by atoms with Crippen LogP contribution in [0.4, 0.5) is 0 Å². The maximum atomic E-state index is 12.0. The van der Waals surface area contributed by atoms with Crippen LogP contribution in [-0.4, -0.2) is 18.9 Å². The summed E-state index contributed by atoms with van der Waals surface area (Å²) in [6.07, 6.45) is 2.37. The van der Waals surface area contributed by atoms with Crippen LogP contribution in [0.2, 0.25) is 0 Å². The molecule has 2 rings (SSSR count). The van der Waals surface area contributed by atoms with Crippen molar-refractivity contribution in [3.63, 3.8) is 0 Å². The Labute approximate surface area is 123 Å². The molecule has 0 N–H and O–H groups in total. The molecule has 0 amide bonds. The van der Waals surface area contributed by atoms with Gasteiger partial charge >= 0.3 is 5.69 Å². The van der Waals surface area contributed by atoms with Gasteiger partial charge in [0.25, 0.3) is 5.56 Å². The van der Waals surface area contributed by atoms with Crippen LogP contribution in [0.1, 0.15) is 18.3 Å². The summed E-state index contributed by atoms with van der Waals surface area (Å²) in [4.78, 5) is 24.1. The number of aromatic nitrogens is 4. The van der Waals surface area contributed by atoms with E-state index < -0.39 is 0 Å². The topological polar surface area (TPSA) is 61.8 Å². The summed E-state index contributed by atoms with van der Waals surface area (Å²) in [5, 5.41) is 4.32. The smallest absolute Gasteiger partial charge is 0.302 e. The zero-order valence-electron chi connectivity index (χ0n) is 11.1. The second-order valence-electron chi connectivity index (χ2n) is 4.37. The molecule has 0 atom stereocenters. The Balaban J connectivity index is 2.52. The Morgan fingerprint density at radius 2 is 2.00 bits per heavy atom. The van der Waals surface area contributed by atoms with Gasteiger partial charge in [0, 0.05) is 20.3 Å². The van der Waals surface area contributed by atoms with Crippen LogP contribution in [0.25, 0.3) is 0 Å². The van der Waals surface area contributed by atoms with Crippen LogP contribution in [0.3, 0.4) is 0 Å². The first-order valence-electron chi connectivity index (χ1n) is 5.91. The van der Waals surface area contributed by atoms with Crippen LogP contribution in [0.5, 0.6) is 0 Å². The molecule has 2 aromatic heterocycles. The number of aryl methyl sites for hydroxylation is 3. The van der Waals surface area contributed by atoms with Crippen molar-refractivity contribution in [2.45, 2.75) is 19.9 Å². The van der Waals surface area contributed by atoms with Gasteiger partial charge in [-0.2, -0.15) is 5.10 Å². The molecule has 2 heterocycles. The molecule has 0 aliphatic rings. The summed E-state index contributed by atoms with van der Waals surface area (Å²) < 4.78 is 4.89. The van der Waals surface area contributed by atoms with E-state index in [-0.39, 0.29) is 17.8 Å². The van der Waals surface area contributed by atoms with Gasteiger partial charge < -0.3 is 4.57 Å². The van der Waals surface area contributed by atoms with Gasteiger partial charge in [-0.1, -0.05) is 6.92 Å². The molecule has 0 saturated heterocycles. The average Bonchev–Trinajstić information content (AvgIpc) is 2.73. The SMILES string of the molecule is CCc1cc(Cn2c(=O)c(I)cn(C)c2=O)n(C)n1. The third-order valence-electron chi connectivity index (χ3n) is 3.00. The first kappa shape index (κ1) is 14.0. The fourth-order valence-corrected chi connectivity index (χ4v) is 2.59. The van der Waals surface area contributed by atoms with Crippen molar-refractivity contribution in [1.82, 2.24) is 18.9 Å². The van der Waals surface area contributed by atoms with Crippen molar-refractivity contribution in [2.24, 2.45) is 14.1 Å². The van der Waals surface area contributed by atoms with Crippen molar-refractivity contribution in [2.75, 3.05) is 0 Å². The quantitative estimate of drug-likeness (QED) is 0.735. The highest BCUT2D eigenvalue weighted by Gasteiger charge is 2.11. The van der Waals surface area contributed by atoms with Gasteiger partial charge in [-0.25, -0.2) is 4.79 Å². The van der Waals surface area contributed by atoms with E-state index in [1.807, 2.05) is 42.6 Å². The lowest BCUT2D eigenvalue weighted by Crippen LogP contribution is -2.40. The van der Waals surface area contributed by atoms with Crippen LogP contribution in [0.15, 0.2) is 21.9 Å². The molecule has 6 nitrogen and oxygen atoms in total. The highest BCUT2D eigenvalue weighted by molar-refractivity contribution is 14.1. The fourth-order valence-electron chi connectivity index (χ4n) is 1.88. The molecular formula is C12H15IN4O2. The molecule has 19 heavy (non-hydrogen) atoms. The van der Waals surface area contributed by atoms with Gasteiger partial charge in [0.2, 0.25) is 0 Å².